The third kappa shape index (κ3) is 8.04. The van der Waals surface area contributed by atoms with Crippen molar-refractivity contribution in [1.82, 2.24) is 5.32 Å². The number of nitrogens with one attached hydrogen (secondary N) is 3. The van der Waals surface area contributed by atoms with E-state index >= 15 is 0 Å². The predicted octanol–water partition coefficient (Wildman–Crippen LogP) is 3.88. The zero-order valence-corrected chi connectivity index (χ0v) is 16.6. The largest absolute Gasteiger partial charge is 0.481 e. The average Bonchev–Trinajstić information content (AvgIpc) is 2.67. The number of carbonyl (C=O) groups excluding carboxylic acids is 2. The van der Waals surface area contributed by atoms with Crippen LogP contribution in [0.25, 0.3) is 0 Å². The quantitative estimate of drug-likeness (QED) is 0.515. The lowest BCUT2D eigenvalue weighted by molar-refractivity contribution is -0.137. The lowest BCUT2D eigenvalue weighted by atomic mass is 10.0. The molecule has 0 fully saturated rings. The van der Waals surface area contributed by atoms with Gasteiger partial charge in [0, 0.05) is 29.8 Å². The maximum Gasteiger partial charge on any atom is 0.319 e. The van der Waals surface area contributed by atoms with E-state index in [1.165, 1.54) is 0 Å². The summed E-state index contributed by atoms with van der Waals surface area (Å²) in [6, 6.07) is 15.7. The second kappa shape index (κ2) is 10.8. The van der Waals surface area contributed by atoms with Crippen molar-refractivity contribution in [2.75, 3.05) is 10.6 Å². The number of urea groups is 1. The molecule has 0 aromatic heterocycles. The summed E-state index contributed by atoms with van der Waals surface area (Å²) in [4.78, 5) is 35.2. The summed E-state index contributed by atoms with van der Waals surface area (Å²) in [7, 11) is 0. The van der Waals surface area contributed by atoms with E-state index < -0.39 is 12.0 Å². The van der Waals surface area contributed by atoms with E-state index in [0.717, 1.165) is 5.56 Å². The Kier molecular flexibility index (Phi) is 8.21. The fraction of sp³-hybridized carbons (Fsp3) is 0.318. The molecule has 0 bridgehead atoms. The summed E-state index contributed by atoms with van der Waals surface area (Å²) in [6.45, 7) is 3.60. The molecule has 29 heavy (non-hydrogen) atoms. The lowest BCUT2D eigenvalue weighted by Gasteiger charge is -2.19. The van der Waals surface area contributed by atoms with Gasteiger partial charge in [0.05, 0.1) is 0 Å². The minimum Gasteiger partial charge on any atom is -0.481 e. The molecule has 1 unspecified atom stereocenters. The molecular formula is C22H27N3O4. The minimum absolute atomic E-state index is 0.0332. The Hall–Kier alpha value is -3.35. The number of carboxylic acid groups (broad SMARTS) is 1. The van der Waals surface area contributed by atoms with Crippen molar-refractivity contribution in [2.24, 2.45) is 5.92 Å². The molecule has 0 heterocycles. The molecule has 0 aliphatic carbocycles. The molecule has 0 aliphatic rings. The Bertz CT molecular complexity index is 837. The number of hydrogen-bond donors (Lipinski definition) is 4. The first-order valence-corrected chi connectivity index (χ1v) is 9.57. The van der Waals surface area contributed by atoms with Crippen LogP contribution in [0.15, 0.2) is 54.6 Å². The van der Waals surface area contributed by atoms with Gasteiger partial charge in [-0.3, -0.25) is 9.59 Å². The third-order valence-corrected chi connectivity index (χ3v) is 4.28. The van der Waals surface area contributed by atoms with E-state index in [2.05, 4.69) is 16.0 Å². The summed E-state index contributed by atoms with van der Waals surface area (Å²) in [6.07, 6.45) is 0.822. The molecule has 0 aliphatic heterocycles. The summed E-state index contributed by atoms with van der Waals surface area (Å²) in [5, 5.41) is 17.3. The van der Waals surface area contributed by atoms with Gasteiger partial charge in [-0.1, -0.05) is 50.2 Å². The van der Waals surface area contributed by atoms with Crippen molar-refractivity contribution in [3.05, 3.63) is 60.2 Å². The molecule has 2 aromatic rings. The lowest BCUT2D eigenvalue weighted by Crippen LogP contribution is -2.39. The Balaban J connectivity index is 1.99. The van der Waals surface area contributed by atoms with Gasteiger partial charge in [0.1, 0.15) is 0 Å². The van der Waals surface area contributed by atoms with Gasteiger partial charge >= 0.3 is 12.0 Å². The van der Waals surface area contributed by atoms with Crippen LogP contribution in [0.3, 0.4) is 0 Å². The normalized spacial score (nSPS) is 11.6. The smallest absolute Gasteiger partial charge is 0.319 e. The highest BCUT2D eigenvalue weighted by Gasteiger charge is 2.15. The number of carbonyl (C=O) groups is 3. The van der Waals surface area contributed by atoms with Gasteiger partial charge < -0.3 is 21.1 Å². The SMILES string of the molecule is CC(C)C(=O)Nc1cccc(NC(=O)NC(CCC(=O)O)Cc2ccccc2)c1. The van der Waals surface area contributed by atoms with E-state index in [0.29, 0.717) is 24.2 Å². The topological polar surface area (TPSA) is 108 Å². The highest BCUT2D eigenvalue weighted by Crippen LogP contribution is 2.16. The number of aliphatic carboxylic acids is 1. The first-order chi connectivity index (χ1) is 13.8. The fourth-order valence-electron chi connectivity index (χ4n) is 2.74. The number of hydrogen-bond acceptors (Lipinski definition) is 3. The summed E-state index contributed by atoms with van der Waals surface area (Å²) in [5.41, 5.74) is 2.13. The van der Waals surface area contributed by atoms with Gasteiger partial charge in [0.15, 0.2) is 0 Å². The number of carboxylic acids is 1. The standard InChI is InChI=1S/C22H27N3O4/c1-15(2)21(28)23-17-9-6-10-18(14-17)24-22(29)25-19(11-12-20(26)27)13-16-7-4-3-5-8-16/h3-10,14-15,19H,11-13H2,1-2H3,(H,23,28)(H,26,27)(H2,24,25,29). The van der Waals surface area contributed by atoms with E-state index in [-0.39, 0.29) is 24.3 Å². The molecule has 2 aromatic carbocycles. The van der Waals surface area contributed by atoms with Crippen LogP contribution in [0, 0.1) is 5.92 Å². The van der Waals surface area contributed by atoms with Gasteiger partial charge in [-0.05, 0) is 36.6 Å². The Labute approximate surface area is 170 Å². The van der Waals surface area contributed by atoms with Gasteiger partial charge in [-0.25, -0.2) is 4.79 Å². The molecule has 3 amide bonds. The molecule has 4 N–H and O–H groups in total. The van der Waals surface area contributed by atoms with E-state index in [1.807, 2.05) is 30.3 Å². The molecular weight excluding hydrogens is 370 g/mol. The highest BCUT2D eigenvalue weighted by molar-refractivity contribution is 5.94. The molecule has 7 heteroatoms. The molecule has 1 atom stereocenters. The molecule has 0 saturated carbocycles. The van der Waals surface area contributed by atoms with Gasteiger partial charge in [-0.15, -0.1) is 0 Å². The highest BCUT2D eigenvalue weighted by atomic mass is 16.4. The second-order valence-corrected chi connectivity index (χ2v) is 7.14. The van der Waals surface area contributed by atoms with Crippen LogP contribution >= 0.6 is 0 Å². The monoisotopic (exact) mass is 397 g/mol. The number of rotatable bonds is 9. The first kappa shape index (κ1) is 21.9. The molecule has 0 radical (unpaired) electrons. The molecule has 0 saturated heterocycles. The summed E-state index contributed by atoms with van der Waals surface area (Å²) >= 11 is 0. The number of amides is 3. The predicted molar refractivity (Wildman–Crippen MR) is 113 cm³/mol. The van der Waals surface area contributed by atoms with Crippen LogP contribution < -0.4 is 16.0 Å². The van der Waals surface area contributed by atoms with Crippen molar-refractivity contribution in [1.29, 1.82) is 0 Å². The van der Waals surface area contributed by atoms with E-state index in [9.17, 15) is 14.4 Å². The van der Waals surface area contributed by atoms with Crippen molar-refractivity contribution in [3.63, 3.8) is 0 Å². The van der Waals surface area contributed by atoms with Crippen molar-refractivity contribution >= 4 is 29.3 Å². The minimum atomic E-state index is -0.904. The zero-order chi connectivity index (χ0) is 21.2. The molecule has 0 spiro atoms. The van der Waals surface area contributed by atoms with Crippen LogP contribution in [0.2, 0.25) is 0 Å². The van der Waals surface area contributed by atoms with Crippen LogP contribution in [-0.4, -0.2) is 29.1 Å². The zero-order valence-electron chi connectivity index (χ0n) is 16.6. The van der Waals surface area contributed by atoms with Crippen molar-refractivity contribution in [2.45, 2.75) is 39.2 Å². The first-order valence-electron chi connectivity index (χ1n) is 9.57. The van der Waals surface area contributed by atoms with Crippen molar-refractivity contribution in [3.8, 4) is 0 Å². The second-order valence-electron chi connectivity index (χ2n) is 7.14. The van der Waals surface area contributed by atoms with Crippen molar-refractivity contribution < 1.29 is 19.5 Å². The van der Waals surface area contributed by atoms with E-state index in [4.69, 9.17) is 5.11 Å². The molecule has 7 nitrogen and oxygen atoms in total. The summed E-state index contributed by atoms with van der Waals surface area (Å²) < 4.78 is 0. The number of anilines is 2. The van der Waals surface area contributed by atoms with Crippen LogP contribution in [-0.2, 0) is 16.0 Å². The Morgan fingerprint density at radius 2 is 1.59 bits per heavy atom. The van der Waals surface area contributed by atoms with Crippen LogP contribution in [0.1, 0.15) is 32.3 Å². The van der Waals surface area contributed by atoms with Crippen LogP contribution in [0.5, 0.6) is 0 Å². The molecule has 154 valence electrons. The van der Waals surface area contributed by atoms with Gasteiger partial charge in [0.2, 0.25) is 5.91 Å². The maximum absolute atomic E-state index is 12.4. The number of benzene rings is 2. The third-order valence-electron chi connectivity index (χ3n) is 4.28. The average molecular weight is 397 g/mol. The molecule has 2 rings (SSSR count). The van der Waals surface area contributed by atoms with Crippen LogP contribution in [0.4, 0.5) is 16.2 Å². The van der Waals surface area contributed by atoms with Gasteiger partial charge in [0.25, 0.3) is 0 Å². The summed E-state index contributed by atoms with van der Waals surface area (Å²) in [5.74, 6) is -1.16. The maximum atomic E-state index is 12.4. The Morgan fingerprint density at radius 1 is 0.931 bits per heavy atom. The Morgan fingerprint density at radius 3 is 2.21 bits per heavy atom. The van der Waals surface area contributed by atoms with E-state index in [1.54, 1.807) is 38.1 Å². The van der Waals surface area contributed by atoms with Gasteiger partial charge in [-0.2, -0.15) is 0 Å². The fourth-order valence-corrected chi connectivity index (χ4v) is 2.74.